The topological polar surface area (TPSA) is 528 Å². The highest BCUT2D eigenvalue weighted by atomic mass is 32.1. The third-order valence-electron chi connectivity index (χ3n) is 17.9. The Balaban J connectivity index is 1.12. The van der Waals surface area contributed by atoms with Crippen molar-refractivity contribution in [1.82, 2.24) is 72.9 Å². The molecule has 0 radical (unpaired) electrons. The predicted octanol–water partition coefficient (Wildman–Crippen LogP) is -2.60. The summed E-state index contributed by atoms with van der Waals surface area (Å²) in [5.41, 5.74) is 19.1. The lowest BCUT2D eigenvalue weighted by atomic mass is 9.99. The molecule has 3 heterocycles. The summed E-state index contributed by atoms with van der Waals surface area (Å²) in [7, 11) is 0. The van der Waals surface area contributed by atoms with Crippen LogP contribution < -0.4 is 70.4 Å². The number of phenols is 1. The lowest BCUT2D eigenvalue weighted by Crippen LogP contribution is -2.63. The molecule has 0 unspecified atom stereocenters. The standard InChI is InChI=1S/C72H102N18O16S2/c1-40(2)30-49(61(96)85-53(33-44-23-25-46(92)26-24-44)69(104)90-29-15-22-55(90)65(100)86-54(38-107)70(105)106)81-57(94)37-89-28-13-12-21-48(68(89)103)82-62(97)50(31-42-16-8-6-9-17-42)84-63(98)52(34-45-35-76-39-79-45)80-56(93)36-78-66(101)58(41(3)91)87-67(102)59(72(4,5)108)88-64(99)51(32-43-18-10-7-11-19-43)83-60(95)47(73)20-14-27-77-71(74)75/h6-11,16-19,23-26,35,39-41,47-55,58-59,91-92,107-108H,12-15,20-22,27-34,36-38,73H2,1-5H3,(H,76,79)(H,78,101)(H,80,93)(H,81,94)(H,82,97)(H,83,95)(H,84,98)(H,85,96)(H,86,100)(H,87,102)(H,88,99)(H,105,106)(H4,74,75,77)/t41-,47+,48-,49+,50+,51+,52+,53+,54+,55+,58+,59+/m1/s1. The zero-order chi connectivity index (χ0) is 79.4. The minimum Gasteiger partial charge on any atom is -0.508 e. The van der Waals surface area contributed by atoms with Gasteiger partial charge in [-0.15, -0.1) is 0 Å². The number of carboxylic acids is 1. The number of aromatic hydroxyl groups is 1. The number of H-pyrrole nitrogens is 1. The molecule has 108 heavy (non-hydrogen) atoms. The van der Waals surface area contributed by atoms with E-state index in [2.05, 4.69) is 93.4 Å². The van der Waals surface area contributed by atoms with Gasteiger partial charge in [0.15, 0.2) is 5.96 Å². The molecule has 12 amide bonds. The Labute approximate surface area is 636 Å². The number of hydrogen-bond donors (Lipinski definition) is 19. The molecule has 2 aliphatic heterocycles. The molecule has 4 aromatic rings. The maximum Gasteiger partial charge on any atom is 0.327 e. The average Bonchev–Trinajstić information content (AvgIpc) is 1.76. The van der Waals surface area contributed by atoms with Crippen LogP contribution in [0.2, 0.25) is 0 Å². The van der Waals surface area contributed by atoms with Crippen LogP contribution in [0.25, 0.3) is 0 Å². The van der Waals surface area contributed by atoms with E-state index in [0.29, 0.717) is 48.1 Å². The van der Waals surface area contributed by atoms with Gasteiger partial charge in [-0.05, 0) is 107 Å². The number of guanidine groups is 1. The second-order valence-corrected chi connectivity index (χ2v) is 29.3. The van der Waals surface area contributed by atoms with Crippen LogP contribution >= 0.6 is 25.3 Å². The number of aromatic nitrogens is 2. The molecule has 2 fully saturated rings. The van der Waals surface area contributed by atoms with E-state index in [0.717, 1.165) is 0 Å². The summed E-state index contributed by atoms with van der Waals surface area (Å²) in [6, 6.07) is 8.37. The Morgan fingerprint density at radius 3 is 1.81 bits per heavy atom. The number of aliphatic imine (C=N–C) groups is 1. The van der Waals surface area contributed by atoms with Gasteiger partial charge in [0, 0.05) is 67.7 Å². The number of likely N-dealkylation sites (tertiary alicyclic amines) is 2. The van der Waals surface area contributed by atoms with Crippen LogP contribution in [-0.2, 0) is 88.0 Å². The number of amides is 12. The van der Waals surface area contributed by atoms with Crippen LogP contribution in [-0.4, -0.2) is 234 Å². The summed E-state index contributed by atoms with van der Waals surface area (Å²) in [6.45, 7) is 6.78. The van der Waals surface area contributed by atoms with E-state index < -0.39 is 167 Å². The Hall–Kier alpha value is -10.3. The number of benzene rings is 3. The maximum atomic E-state index is 14.7. The van der Waals surface area contributed by atoms with Gasteiger partial charge in [0.25, 0.3) is 0 Å². The molecule has 0 spiro atoms. The van der Waals surface area contributed by atoms with E-state index in [-0.39, 0.29) is 94.4 Å². The maximum absolute atomic E-state index is 14.7. The third kappa shape index (κ3) is 27.8. The number of nitrogens with two attached hydrogens (primary N) is 3. The summed E-state index contributed by atoms with van der Waals surface area (Å²) in [5.74, 6) is -11.7. The smallest absolute Gasteiger partial charge is 0.327 e. The summed E-state index contributed by atoms with van der Waals surface area (Å²) in [6.07, 6.45) is 2.67. The highest BCUT2D eigenvalue weighted by molar-refractivity contribution is 7.81. The summed E-state index contributed by atoms with van der Waals surface area (Å²) in [5, 5.41) is 56.6. The lowest BCUT2D eigenvalue weighted by Gasteiger charge is -2.33. The molecule has 0 aliphatic carbocycles. The third-order valence-corrected chi connectivity index (χ3v) is 18.5. The number of imidazole rings is 1. The number of aromatic amines is 1. The fourth-order valence-corrected chi connectivity index (χ4v) is 12.6. The van der Waals surface area contributed by atoms with Crippen LogP contribution in [0.15, 0.2) is 102 Å². The van der Waals surface area contributed by atoms with Gasteiger partial charge >= 0.3 is 5.97 Å². The van der Waals surface area contributed by atoms with E-state index in [1.54, 1.807) is 86.6 Å². The number of nitrogens with zero attached hydrogens (tertiary/aromatic N) is 4. The summed E-state index contributed by atoms with van der Waals surface area (Å²) >= 11 is 8.62. The summed E-state index contributed by atoms with van der Waals surface area (Å²) in [4.78, 5) is 195. The SMILES string of the molecule is CC(C)C[C@H](NC(=O)CN1CCCC[C@@H](NC(=O)[C@H](Cc2ccccc2)NC(=O)[C@H](Cc2cnc[nH]2)NC(=O)CNC(=O)[C@@H](NC(=O)[C@H](NC(=O)[C@H](Cc2ccccc2)NC(=O)[C@@H](N)CCCN=C(N)N)C(C)(C)S)[C@@H](C)O)C1=O)C(=O)N[C@@H](Cc1ccc(O)cc1)C(=O)N1CCC[C@H]1C(=O)N[C@@H](CS)C(=O)O. The number of aliphatic carboxylic acids is 1. The van der Waals surface area contributed by atoms with Crippen LogP contribution in [0.3, 0.4) is 0 Å². The Bertz CT molecular complexity index is 3750. The van der Waals surface area contributed by atoms with Crippen molar-refractivity contribution >= 4 is 108 Å². The normalized spacial score (nSPS) is 17.2. The number of carbonyl (C=O) groups excluding carboxylic acids is 12. The van der Waals surface area contributed by atoms with E-state index in [4.69, 9.17) is 17.2 Å². The molecule has 2 saturated heterocycles. The first-order chi connectivity index (χ1) is 51.2. The van der Waals surface area contributed by atoms with Crippen molar-refractivity contribution in [2.75, 3.05) is 38.5 Å². The van der Waals surface area contributed by atoms with Crippen LogP contribution in [0.4, 0.5) is 0 Å². The fourth-order valence-electron chi connectivity index (χ4n) is 12.2. The number of carboxylic acid groups (broad SMARTS) is 1. The molecule has 0 bridgehead atoms. The number of phenolic OH excluding ortho intramolecular Hbond substituents is 1. The van der Waals surface area contributed by atoms with Gasteiger partial charge in [-0.2, -0.15) is 25.3 Å². The molecule has 1 aromatic heterocycles. The van der Waals surface area contributed by atoms with Gasteiger partial charge in [-0.3, -0.25) is 62.5 Å². The van der Waals surface area contributed by atoms with Crippen LogP contribution in [0, 0.1) is 5.92 Å². The fraction of sp³-hybridized carbons (Fsp3) is 0.514. The first kappa shape index (κ1) is 86.6. The molecule has 6 rings (SSSR count). The zero-order valence-electron chi connectivity index (χ0n) is 61.0. The second-order valence-electron chi connectivity index (χ2n) is 27.8. The average molecular weight is 1540 g/mol. The quantitative estimate of drug-likeness (QED) is 0.00940. The number of thiol groups is 2. The van der Waals surface area contributed by atoms with Gasteiger partial charge in [-0.1, -0.05) is 86.6 Å². The molecule has 12 atom stereocenters. The van der Waals surface area contributed by atoms with Crippen molar-refractivity contribution in [2.24, 2.45) is 28.1 Å². The highest BCUT2D eigenvalue weighted by Gasteiger charge is 2.42. The van der Waals surface area contributed by atoms with E-state index in [1.165, 1.54) is 55.2 Å². The molecule has 2 aliphatic rings. The molecule has 588 valence electrons. The molecule has 36 heteroatoms. The minimum atomic E-state index is -1.76. The van der Waals surface area contributed by atoms with Gasteiger partial charge in [-0.25, -0.2) is 9.78 Å². The molecule has 3 aromatic carbocycles. The number of nitrogens with one attached hydrogen (secondary N) is 11. The van der Waals surface area contributed by atoms with Crippen molar-refractivity contribution in [3.63, 3.8) is 0 Å². The summed E-state index contributed by atoms with van der Waals surface area (Å²) < 4.78 is -1.36. The minimum absolute atomic E-state index is 0.0355. The van der Waals surface area contributed by atoms with Crippen molar-refractivity contribution in [1.29, 1.82) is 0 Å². The second kappa shape index (κ2) is 42.3. The van der Waals surface area contributed by atoms with E-state index in [9.17, 15) is 77.6 Å². The first-order valence-electron chi connectivity index (χ1n) is 35.7. The predicted molar refractivity (Wildman–Crippen MR) is 404 cm³/mol. The van der Waals surface area contributed by atoms with Gasteiger partial charge in [0.05, 0.1) is 31.6 Å². The van der Waals surface area contributed by atoms with Gasteiger partial charge in [0.1, 0.15) is 66.2 Å². The Kier molecular flexibility index (Phi) is 33.9. The number of aliphatic hydroxyl groups is 1. The number of rotatable bonds is 40. The van der Waals surface area contributed by atoms with Crippen molar-refractivity contribution in [3.8, 4) is 5.75 Å². The molecular formula is C72H102N18O16S2. The Morgan fingerprint density at radius 2 is 1.23 bits per heavy atom. The first-order valence-corrected chi connectivity index (χ1v) is 36.8. The molecule has 20 N–H and O–H groups in total. The van der Waals surface area contributed by atoms with E-state index >= 15 is 0 Å². The lowest BCUT2D eigenvalue weighted by molar-refractivity contribution is -0.144. The van der Waals surface area contributed by atoms with Crippen LogP contribution in [0.5, 0.6) is 5.75 Å². The van der Waals surface area contributed by atoms with Crippen molar-refractivity contribution in [3.05, 3.63) is 120 Å². The van der Waals surface area contributed by atoms with Gasteiger partial charge in [0.2, 0.25) is 70.9 Å². The molecule has 0 saturated carbocycles. The monoisotopic (exact) mass is 1540 g/mol. The number of hydrogen-bond acceptors (Lipinski definition) is 20. The van der Waals surface area contributed by atoms with Gasteiger partial charge < -0.3 is 100 Å². The van der Waals surface area contributed by atoms with Crippen molar-refractivity contribution < 1.29 is 77.6 Å². The number of aliphatic hydroxyl groups excluding tert-OH is 1. The molecular weight excluding hydrogens is 1440 g/mol. The molecule has 34 nitrogen and oxygen atoms in total. The number of carbonyl (C=O) groups is 13. The van der Waals surface area contributed by atoms with E-state index in [1.807, 2.05) is 0 Å². The zero-order valence-corrected chi connectivity index (χ0v) is 62.8. The highest BCUT2D eigenvalue weighted by Crippen LogP contribution is 2.23. The largest absolute Gasteiger partial charge is 0.508 e. The Morgan fingerprint density at radius 1 is 0.657 bits per heavy atom. The van der Waals surface area contributed by atoms with Crippen molar-refractivity contribution in [2.45, 2.75) is 189 Å². The van der Waals surface area contributed by atoms with Crippen LogP contribution in [0.1, 0.15) is 108 Å².